The highest BCUT2D eigenvalue weighted by molar-refractivity contribution is 9.10. The molecule has 0 N–H and O–H groups in total. The number of nitrogens with zero attached hydrogens (tertiary/aromatic N) is 1. The number of hydrogen-bond acceptors (Lipinski definition) is 3. The third-order valence-electron chi connectivity index (χ3n) is 4.30. The molecule has 2 fully saturated rings. The van der Waals surface area contributed by atoms with E-state index in [4.69, 9.17) is 4.74 Å². The molecule has 1 aliphatic carbocycles. The van der Waals surface area contributed by atoms with Gasteiger partial charge in [-0.05, 0) is 37.6 Å². The largest absolute Gasteiger partial charge is 0.464 e. The van der Waals surface area contributed by atoms with Gasteiger partial charge in [0, 0.05) is 22.9 Å². The number of carbonyl (C=O) groups excluding carboxylic acids is 1. The zero-order valence-electron chi connectivity index (χ0n) is 11.1. The molecule has 1 saturated heterocycles. The van der Waals surface area contributed by atoms with Crippen molar-refractivity contribution < 1.29 is 9.53 Å². The minimum atomic E-state index is -0.0610. The zero-order valence-corrected chi connectivity index (χ0v) is 12.6. The lowest BCUT2D eigenvalue weighted by molar-refractivity contribution is -0.142. The predicted molar refractivity (Wildman–Crippen MR) is 77.0 cm³/mol. The topological polar surface area (TPSA) is 29.5 Å². The number of benzene rings is 1. The second-order valence-corrected chi connectivity index (χ2v) is 6.59. The molecule has 2 aliphatic rings. The number of rotatable bonds is 4. The highest BCUT2D eigenvalue weighted by atomic mass is 79.9. The molecule has 0 bridgehead atoms. The first-order valence-electron chi connectivity index (χ1n) is 6.74. The van der Waals surface area contributed by atoms with Crippen molar-refractivity contribution in [2.24, 2.45) is 0 Å². The van der Waals surface area contributed by atoms with Gasteiger partial charge in [0.15, 0.2) is 0 Å². The maximum absolute atomic E-state index is 11.6. The Labute approximate surface area is 122 Å². The van der Waals surface area contributed by atoms with Crippen molar-refractivity contribution in [3.63, 3.8) is 0 Å². The van der Waals surface area contributed by atoms with Gasteiger partial charge in [-0.1, -0.05) is 28.1 Å². The Morgan fingerprint density at radius 1 is 1.37 bits per heavy atom. The van der Waals surface area contributed by atoms with E-state index in [1.54, 1.807) is 0 Å². The summed E-state index contributed by atoms with van der Waals surface area (Å²) in [5, 5.41) is 0. The van der Waals surface area contributed by atoms with Gasteiger partial charge in [-0.3, -0.25) is 9.69 Å². The van der Waals surface area contributed by atoms with E-state index in [-0.39, 0.29) is 17.4 Å². The molecule has 1 aromatic carbocycles. The molecule has 4 heteroatoms. The van der Waals surface area contributed by atoms with Crippen LogP contribution in [0.15, 0.2) is 28.7 Å². The number of ether oxygens (including phenoxy) is 1. The Hall–Kier alpha value is -0.870. The lowest BCUT2D eigenvalue weighted by Gasteiger charge is -2.27. The van der Waals surface area contributed by atoms with Crippen LogP contribution in [0.4, 0.5) is 0 Å². The van der Waals surface area contributed by atoms with Crippen LogP contribution in [-0.2, 0) is 14.9 Å². The predicted octanol–water partition coefficient (Wildman–Crippen LogP) is 2.73. The van der Waals surface area contributed by atoms with Gasteiger partial charge < -0.3 is 4.74 Å². The summed E-state index contributed by atoms with van der Waals surface area (Å²) in [6, 6.07) is 8.53. The molecule has 1 aromatic rings. The number of hydrogen-bond donors (Lipinski definition) is 0. The van der Waals surface area contributed by atoms with Gasteiger partial charge in [0.05, 0.1) is 6.61 Å². The Morgan fingerprint density at radius 3 is 2.58 bits per heavy atom. The van der Waals surface area contributed by atoms with E-state index in [1.807, 2.05) is 7.05 Å². The number of carbonyl (C=O) groups is 1. The van der Waals surface area contributed by atoms with Crippen LogP contribution in [0.3, 0.4) is 0 Å². The number of esters is 1. The number of cyclic esters (lactones) is 1. The monoisotopic (exact) mass is 323 g/mol. The van der Waals surface area contributed by atoms with Gasteiger partial charge >= 0.3 is 5.97 Å². The van der Waals surface area contributed by atoms with Crippen molar-refractivity contribution in [1.82, 2.24) is 4.90 Å². The van der Waals surface area contributed by atoms with Crippen molar-refractivity contribution in [3.05, 3.63) is 34.3 Å². The highest BCUT2D eigenvalue weighted by Crippen LogP contribution is 2.49. The Bertz CT molecular complexity index is 481. The van der Waals surface area contributed by atoms with Crippen molar-refractivity contribution >= 4 is 21.9 Å². The SMILES string of the molecule is CN(CC1(c2ccc(Br)cc2)CC1)[C@@H]1CCOC1=O. The second-order valence-electron chi connectivity index (χ2n) is 5.67. The molecule has 0 unspecified atom stereocenters. The first-order chi connectivity index (χ1) is 9.11. The van der Waals surface area contributed by atoms with Crippen LogP contribution in [0.25, 0.3) is 0 Å². The van der Waals surface area contributed by atoms with Crippen LogP contribution in [0.5, 0.6) is 0 Å². The maximum Gasteiger partial charge on any atom is 0.323 e. The van der Waals surface area contributed by atoms with Gasteiger partial charge in [0.2, 0.25) is 0 Å². The molecule has 1 heterocycles. The summed E-state index contributed by atoms with van der Waals surface area (Å²) in [4.78, 5) is 13.8. The van der Waals surface area contributed by atoms with Crippen molar-refractivity contribution in [2.45, 2.75) is 30.7 Å². The fourth-order valence-corrected chi connectivity index (χ4v) is 3.23. The Morgan fingerprint density at radius 2 is 2.05 bits per heavy atom. The van der Waals surface area contributed by atoms with Gasteiger partial charge in [0.1, 0.15) is 6.04 Å². The lowest BCUT2D eigenvalue weighted by atomic mass is 9.95. The molecule has 0 radical (unpaired) electrons. The molecular weight excluding hydrogens is 306 g/mol. The van der Waals surface area contributed by atoms with E-state index in [9.17, 15) is 4.79 Å². The van der Waals surface area contributed by atoms with Crippen LogP contribution >= 0.6 is 15.9 Å². The molecule has 1 atom stereocenters. The summed E-state index contributed by atoms with van der Waals surface area (Å²) in [7, 11) is 2.04. The molecule has 0 amide bonds. The standard InChI is InChI=1S/C15H18BrNO2/c1-17(13-6-9-19-14(13)18)10-15(7-8-15)11-2-4-12(16)5-3-11/h2-5,13H,6-10H2,1H3/t13-/m1/s1. The number of halogens is 1. The average Bonchev–Trinajstić information content (AvgIpc) is 3.03. The average molecular weight is 324 g/mol. The third-order valence-corrected chi connectivity index (χ3v) is 4.83. The quantitative estimate of drug-likeness (QED) is 0.798. The van der Waals surface area contributed by atoms with Crippen LogP contribution in [0.1, 0.15) is 24.8 Å². The van der Waals surface area contributed by atoms with Crippen LogP contribution in [0.2, 0.25) is 0 Å². The van der Waals surface area contributed by atoms with Crippen molar-refractivity contribution in [1.29, 1.82) is 0 Å². The van der Waals surface area contributed by atoms with E-state index < -0.39 is 0 Å². The van der Waals surface area contributed by atoms with Gasteiger partial charge in [-0.2, -0.15) is 0 Å². The summed E-state index contributed by atoms with van der Waals surface area (Å²) in [6.07, 6.45) is 3.24. The van der Waals surface area contributed by atoms with E-state index in [0.29, 0.717) is 6.61 Å². The van der Waals surface area contributed by atoms with Gasteiger partial charge in [-0.15, -0.1) is 0 Å². The van der Waals surface area contributed by atoms with Crippen molar-refractivity contribution in [3.8, 4) is 0 Å². The first kappa shape index (κ1) is 13.1. The minimum Gasteiger partial charge on any atom is -0.464 e. The minimum absolute atomic E-state index is 0.0482. The van der Waals surface area contributed by atoms with E-state index >= 15 is 0 Å². The maximum atomic E-state index is 11.6. The smallest absolute Gasteiger partial charge is 0.323 e. The summed E-state index contributed by atoms with van der Waals surface area (Å²) >= 11 is 3.47. The zero-order chi connectivity index (χ0) is 13.5. The van der Waals surface area contributed by atoms with Gasteiger partial charge in [0.25, 0.3) is 0 Å². The fraction of sp³-hybridized carbons (Fsp3) is 0.533. The van der Waals surface area contributed by atoms with E-state index in [0.717, 1.165) is 17.4 Å². The molecular formula is C15H18BrNO2. The summed E-state index contributed by atoms with van der Waals surface area (Å²) < 4.78 is 6.17. The van der Waals surface area contributed by atoms with Crippen molar-refractivity contribution in [2.75, 3.05) is 20.2 Å². The summed E-state index contributed by atoms with van der Waals surface area (Å²) in [5.74, 6) is -0.0610. The molecule has 3 nitrogen and oxygen atoms in total. The molecule has 3 rings (SSSR count). The van der Waals surface area contributed by atoms with E-state index in [1.165, 1.54) is 18.4 Å². The molecule has 19 heavy (non-hydrogen) atoms. The third kappa shape index (κ3) is 2.56. The first-order valence-corrected chi connectivity index (χ1v) is 7.53. The number of likely N-dealkylation sites (N-methyl/N-ethyl adjacent to an activating group) is 1. The normalized spacial score (nSPS) is 24.6. The second kappa shape index (κ2) is 4.91. The molecule has 102 valence electrons. The van der Waals surface area contributed by atoms with Crippen LogP contribution in [-0.4, -0.2) is 37.1 Å². The fourth-order valence-electron chi connectivity index (χ4n) is 2.97. The molecule has 1 saturated carbocycles. The van der Waals surface area contributed by atoms with Crippen LogP contribution in [0, 0.1) is 0 Å². The van der Waals surface area contributed by atoms with E-state index in [2.05, 4.69) is 45.1 Å². The summed E-state index contributed by atoms with van der Waals surface area (Å²) in [6.45, 7) is 1.51. The molecule has 0 spiro atoms. The Balaban J connectivity index is 1.71. The Kier molecular flexibility index (Phi) is 3.39. The molecule has 0 aromatic heterocycles. The lowest BCUT2D eigenvalue weighted by Crippen LogP contribution is -2.40. The summed E-state index contributed by atoms with van der Waals surface area (Å²) in [5.41, 5.74) is 1.63. The highest BCUT2D eigenvalue weighted by Gasteiger charge is 2.46. The van der Waals surface area contributed by atoms with Crippen LogP contribution < -0.4 is 0 Å². The van der Waals surface area contributed by atoms with Gasteiger partial charge in [-0.25, -0.2) is 0 Å². The molecule has 1 aliphatic heterocycles.